The molecule has 2 rings (SSSR count). The summed E-state index contributed by atoms with van der Waals surface area (Å²) in [5.41, 5.74) is 0.760. The van der Waals surface area contributed by atoms with Crippen LogP contribution in [0.25, 0.3) is 0 Å². The van der Waals surface area contributed by atoms with E-state index in [0.717, 1.165) is 0 Å². The Morgan fingerprint density at radius 1 is 0.864 bits per heavy atom. The van der Waals surface area contributed by atoms with Crippen molar-refractivity contribution in [1.29, 1.82) is 0 Å². The molecular weight excluding hydrogens is 284 g/mol. The van der Waals surface area contributed by atoms with Crippen molar-refractivity contribution in [3.63, 3.8) is 0 Å². The highest BCUT2D eigenvalue weighted by Gasteiger charge is 2.14. The van der Waals surface area contributed by atoms with Gasteiger partial charge in [-0.25, -0.2) is 4.79 Å². The zero-order valence-electron chi connectivity index (χ0n) is 12.4. The van der Waals surface area contributed by atoms with Crippen molar-refractivity contribution in [3.05, 3.63) is 59.7 Å². The van der Waals surface area contributed by atoms with Crippen LogP contribution in [-0.4, -0.2) is 32.6 Å². The first-order chi connectivity index (χ1) is 10.6. The Labute approximate surface area is 128 Å². The van der Waals surface area contributed by atoms with Crippen molar-refractivity contribution in [2.75, 3.05) is 20.8 Å². The molecule has 0 aliphatic carbocycles. The van der Waals surface area contributed by atoms with Crippen LogP contribution < -0.4 is 9.47 Å². The molecule has 0 fully saturated rings. The van der Waals surface area contributed by atoms with Gasteiger partial charge in [-0.1, -0.05) is 30.3 Å². The third-order valence-corrected chi connectivity index (χ3v) is 3.02. The lowest BCUT2D eigenvalue weighted by Gasteiger charge is -2.08. The smallest absolute Gasteiger partial charge is 0.338 e. The number of benzene rings is 2. The number of carbonyl (C=O) groups excluding carboxylic acids is 2. The van der Waals surface area contributed by atoms with Crippen molar-refractivity contribution < 1.29 is 23.8 Å². The second-order valence-corrected chi connectivity index (χ2v) is 4.47. The van der Waals surface area contributed by atoms with Crippen molar-refractivity contribution in [3.8, 4) is 11.5 Å². The predicted octanol–water partition coefficient (Wildman–Crippen LogP) is 2.74. The Hall–Kier alpha value is -2.82. The van der Waals surface area contributed by atoms with Crippen LogP contribution in [0.2, 0.25) is 0 Å². The van der Waals surface area contributed by atoms with E-state index in [1.54, 1.807) is 30.3 Å². The predicted molar refractivity (Wildman–Crippen MR) is 80.6 cm³/mol. The zero-order chi connectivity index (χ0) is 15.9. The maximum absolute atomic E-state index is 12.0. The second kappa shape index (κ2) is 7.26. The maximum atomic E-state index is 12.0. The van der Waals surface area contributed by atoms with E-state index < -0.39 is 5.97 Å². The number of rotatable bonds is 6. The molecule has 0 radical (unpaired) electrons. The van der Waals surface area contributed by atoms with Crippen molar-refractivity contribution in [2.24, 2.45) is 0 Å². The molecule has 0 aromatic heterocycles. The van der Waals surface area contributed by atoms with Crippen LogP contribution >= 0.6 is 0 Å². The Balaban J connectivity index is 2.05. The number of esters is 1. The fourth-order valence-corrected chi connectivity index (χ4v) is 1.85. The monoisotopic (exact) mass is 300 g/mol. The Bertz CT molecular complexity index is 642. The standard InChI is InChI=1S/C17H16O5/c1-20-14-8-13(9-15(10-14)21-2)17(19)22-11-16(18)12-6-4-3-5-7-12/h3-10H,11H2,1-2H3. The molecule has 0 bridgehead atoms. The zero-order valence-corrected chi connectivity index (χ0v) is 12.4. The van der Waals surface area contributed by atoms with Crippen molar-refractivity contribution in [2.45, 2.75) is 0 Å². The largest absolute Gasteiger partial charge is 0.497 e. The van der Waals surface area contributed by atoms with E-state index in [1.807, 2.05) is 6.07 Å². The number of Topliss-reactive ketones (excluding diaryl/α,β-unsaturated/α-hetero) is 1. The van der Waals surface area contributed by atoms with Gasteiger partial charge in [0.15, 0.2) is 12.4 Å². The molecule has 2 aromatic carbocycles. The summed E-state index contributed by atoms with van der Waals surface area (Å²) in [5, 5.41) is 0. The highest BCUT2D eigenvalue weighted by atomic mass is 16.5. The van der Waals surface area contributed by atoms with Crippen LogP contribution in [-0.2, 0) is 4.74 Å². The van der Waals surface area contributed by atoms with Crippen LogP contribution in [0.3, 0.4) is 0 Å². The molecule has 0 saturated heterocycles. The summed E-state index contributed by atoms with van der Waals surface area (Å²) >= 11 is 0. The number of hydrogen-bond acceptors (Lipinski definition) is 5. The number of carbonyl (C=O) groups is 2. The molecule has 0 aliphatic heterocycles. The van der Waals surface area contributed by atoms with E-state index in [-0.39, 0.29) is 18.0 Å². The van der Waals surface area contributed by atoms with Gasteiger partial charge in [0.25, 0.3) is 0 Å². The van der Waals surface area contributed by atoms with Crippen LogP contribution in [0, 0.1) is 0 Å². The fraction of sp³-hybridized carbons (Fsp3) is 0.176. The maximum Gasteiger partial charge on any atom is 0.338 e. The first-order valence-electron chi connectivity index (χ1n) is 6.62. The molecule has 0 aliphatic rings. The van der Waals surface area contributed by atoms with Crippen molar-refractivity contribution >= 4 is 11.8 Å². The summed E-state index contributed by atoms with van der Waals surface area (Å²) in [6, 6.07) is 13.4. The quantitative estimate of drug-likeness (QED) is 0.606. The SMILES string of the molecule is COc1cc(OC)cc(C(=O)OCC(=O)c2ccccc2)c1. The average molecular weight is 300 g/mol. The van der Waals surface area contributed by atoms with Gasteiger partial charge in [-0.05, 0) is 12.1 Å². The van der Waals surface area contributed by atoms with Gasteiger partial charge in [-0.2, -0.15) is 0 Å². The molecule has 0 atom stereocenters. The number of methoxy groups -OCH3 is 2. The van der Waals surface area contributed by atoms with Gasteiger partial charge in [-0.15, -0.1) is 0 Å². The van der Waals surface area contributed by atoms with Gasteiger partial charge in [0.2, 0.25) is 0 Å². The molecule has 114 valence electrons. The number of ether oxygens (including phenoxy) is 3. The molecular formula is C17H16O5. The van der Waals surface area contributed by atoms with E-state index >= 15 is 0 Å². The molecule has 5 heteroatoms. The van der Waals surface area contributed by atoms with Gasteiger partial charge < -0.3 is 14.2 Å². The molecule has 0 saturated carbocycles. The summed E-state index contributed by atoms with van der Waals surface area (Å²) in [6.07, 6.45) is 0. The van der Waals surface area contributed by atoms with Crippen LogP contribution in [0.5, 0.6) is 11.5 Å². The van der Waals surface area contributed by atoms with E-state index in [9.17, 15) is 9.59 Å². The van der Waals surface area contributed by atoms with E-state index in [4.69, 9.17) is 14.2 Å². The van der Waals surface area contributed by atoms with Gasteiger partial charge in [0.1, 0.15) is 11.5 Å². The van der Waals surface area contributed by atoms with E-state index in [1.165, 1.54) is 26.4 Å². The van der Waals surface area contributed by atoms with Gasteiger partial charge >= 0.3 is 5.97 Å². The molecule has 0 amide bonds. The third-order valence-electron chi connectivity index (χ3n) is 3.02. The molecule has 0 spiro atoms. The molecule has 2 aromatic rings. The lowest BCUT2D eigenvalue weighted by Crippen LogP contribution is -2.14. The van der Waals surface area contributed by atoms with Gasteiger partial charge in [0, 0.05) is 11.6 Å². The van der Waals surface area contributed by atoms with Crippen LogP contribution in [0.1, 0.15) is 20.7 Å². The summed E-state index contributed by atoms with van der Waals surface area (Å²) in [7, 11) is 2.98. The van der Waals surface area contributed by atoms with Crippen molar-refractivity contribution in [1.82, 2.24) is 0 Å². The van der Waals surface area contributed by atoms with E-state index in [2.05, 4.69) is 0 Å². The minimum absolute atomic E-state index is 0.260. The third kappa shape index (κ3) is 3.85. The van der Waals surface area contributed by atoms with Crippen LogP contribution in [0.15, 0.2) is 48.5 Å². The highest BCUT2D eigenvalue weighted by molar-refractivity contribution is 5.99. The second-order valence-electron chi connectivity index (χ2n) is 4.47. The summed E-state index contributed by atoms with van der Waals surface area (Å²) in [4.78, 5) is 23.9. The van der Waals surface area contributed by atoms with Crippen LogP contribution in [0.4, 0.5) is 0 Å². The number of hydrogen-bond donors (Lipinski definition) is 0. The first-order valence-corrected chi connectivity index (χ1v) is 6.62. The Morgan fingerprint density at radius 2 is 1.45 bits per heavy atom. The summed E-state index contributed by atoms with van der Waals surface area (Å²) < 4.78 is 15.2. The summed E-state index contributed by atoms with van der Waals surface area (Å²) in [6.45, 7) is -0.317. The topological polar surface area (TPSA) is 61.8 Å². The van der Waals surface area contributed by atoms with Gasteiger partial charge in [0.05, 0.1) is 19.8 Å². The number of ketones is 1. The normalized spacial score (nSPS) is 9.91. The Kier molecular flexibility index (Phi) is 5.14. The average Bonchev–Trinajstić information content (AvgIpc) is 2.59. The first kappa shape index (κ1) is 15.6. The van der Waals surface area contributed by atoms with E-state index in [0.29, 0.717) is 17.1 Å². The molecule has 22 heavy (non-hydrogen) atoms. The lowest BCUT2D eigenvalue weighted by atomic mass is 10.1. The fourth-order valence-electron chi connectivity index (χ4n) is 1.85. The molecule has 5 nitrogen and oxygen atoms in total. The molecule has 0 unspecified atom stereocenters. The minimum Gasteiger partial charge on any atom is -0.497 e. The highest BCUT2D eigenvalue weighted by Crippen LogP contribution is 2.23. The molecule has 0 heterocycles. The molecule has 0 N–H and O–H groups in total. The summed E-state index contributed by atoms with van der Waals surface area (Å²) in [5.74, 6) is 0.0756. The van der Waals surface area contributed by atoms with Gasteiger partial charge in [-0.3, -0.25) is 4.79 Å². The Morgan fingerprint density at radius 3 is 2.00 bits per heavy atom. The lowest BCUT2D eigenvalue weighted by molar-refractivity contribution is 0.0474. The minimum atomic E-state index is -0.610.